The van der Waals surface area contributed by atoms with E-state index in [0.717, 1.165) is 34.2 Å². The van der Waals surface area contributed by atoms with Gasteiger partial charge in [-0.15, -0.1) is 0 Å². The van der Waals surface area contributed by atoms with Crippen molar-refractivity contribution in [3.63, 3.8) is 0 Å². The third kappa shape index (κ3) is 3.38. The standard InChI is InChI=1S/C14H20Br2N2O/c1-4-19-13-6-12(14(13,2)3)18-8-11-10(16)5-9(15)7-17-11/h5,7,12-13,18H,4,6,8H2,1-3H3. The molecule has 5 heteroatoms. The van der Waals surface area contributed by atoms with Crippen molar-refractivity contribution < 1.29 is 4.74 Å². The molecule has 2 rings (SSSR count). The molecular weight excluding hydrogens is 372 g/mol. The van der Waals surface area contributed by atoms with Crippen LogP contribution in [0, 0.1) is 5.41 Å². The molecule has 1 aliphatic rings. The van der Waals surface area contributed by atoms with Gasteiger partial charge in [-0.05, 0) is 51.3 Å². The predicted octanol–water partition coefficient (Wildman–Crippen LogP) is 3.90. The van der Waals surface area contributed by atoms with Crippen LogP contribution in [0.3, 0.4) is 0 Å². The summed E-state index contributed by atoms with van der Waals surface area (Å²) in [5.74, 6) is 0. The Kier molecular flexibility index (Phi) is 5.04. The van der Waals surface area contributed by atoms with Crippen molar-refractivity contribution >= 4 is 31.9 Å². The summed E-state index contributed by atoms with van der Waals surface area (Å²) >= 11 is 6.96. The second kappa shape index (κ2) is 6.20. The smallest absolute Gasteiger partial charge is 0.0684 e. The fraction of sp³-hybridized carbons (Fsp3) is 0.643. The first-order valence-electron chi connectivity index (χ1n) is 6.60. The maximum atomic E-state index is 5.74. The van der Waals surface area contributed by atoms with Crippen molar-refractivity contribution in [3.05, 3.63) is 26.9 Å². The molecule has 0 aliphatic heterocycles. The molecule has 1 fully saturated rings. The van der Waals surface area contributed by atoms with Gasteiger partial charge in [-0.3, -0.25) is 4.98 Å². The third-order valence-electron chi connectivity index (χ3n) is 3.95. The summed E-state index contributed by atoms with van der Waals surface area (Å²) in [7, 11) is 0. The van der Waals surface area contributed by atoms with E-state index in [9.17, 15) is 0 Å². The summed E-state index contributed by atoms with van der Waals surface area (Å²) in [5.41, 5.74) is 1.23. The molecule has 2 atom stereocenters. The van der Waals surface area contributed by atoms with Crippen molar-refractivity contribution in [2.75, 3.05) is 6.61 Å². The van der Waals surface area contributed by atoms with E-state index in [1.807, 2.05) is 12.3 Å². The molecule has 0 radical (unpaired) electrons. The van der Waals surface area contributed by atoms with Gasteiger partial charge in [0.15, 0.2) is 0 Å². The lowest BCUT2D eigenvalue weighted by molar-refractivity contribution is -0.114. The number of nitrogens with one attached hydrogen (secondary N) is 1. The molecule has 0 saturated heterocycles. The number of rotatable bonds is 5. The molecule has 0 spiro atoms. The highest BCUT2D eigenvalue weighted by atomic mass is 79.9. The van der Waals surface area contributed by atoms with Gasteiger partial charge in [0.2, 0.25) is 0 Å². The summed E-state index contributed by atoms with van der Waals surface area (Å²) in [5, 5.41) is 3.59. The summed E-state index contributed by atoms with van der Waals surface area (Å²) in [6, 6.07) is 2.51. The van der Waals surface area contributed by atoms with Gasteiger partial charge in [0.1, 0.15) is 0 Å². The molecule has 3 nitrogen and oxygen atoms in total. The first-order chi connectivity index (χ1) is 8.95. The molecule has 1 aromatic heterocycles. The fourth-order valence-corrected chi connectivity index (χ4v) is 3.64. The zero-order valence-corrected chi connectivity index (χ0v) is 14.7. The number of pyridine rings is 1. The number of halogens is 2. The van der Waals surface area contributed by atoms with E-state index in [0.29, 0.717) is 12.1 Å². The second-order valence-electron chi connectivity index (χ2n) is 5.52. The topological polar surface area (TPSA) is 34.1 Å². The van der Waals surface area contributed by atoms with Crippen LogP contribution in [0.25, 0.3) is 0 Å². The zero-order chi connectivity index (χ0) is 14.0. The van der Waals surface area contributed by atoms with Crippen LogP contribution in [0.2, 0.25) is 0 Å². The van der Waals surface area contributed by atoms with Crippen molar-refractivity contribution in [2.45, 2.75) is 45.9 Å². The summed E-state index contributed by atoms with van der Waals surface area (Å²) in [6.07, 6.45) is 3.28. The van der Waals surface area contributed by atoms with Gasteiger partial charge in [-0.25, -0.2) is 0 Å². The maximum Gasteiger partial charge on any atom is 0.0684 e. The molecule has 19 heavy (non-hydrogen) atoms. The van der Waals surface area contributed by atoms with Gasteiger partial charge in [0.25, 0.3) is 0 Å². The van der Waals surface area contributed by atoms with Gasteiger partial charge in [-0.2, -0.15) is 0 Å². The lowest BCUT2D eigenvalue weighted by Gasteiger charge is -2.52. The molecule has 1 aliphatic carbocycles. The Morgan fingerprint density at radius 2 is 2.21 bits per heavy atom. The molecule has 2 unspecified atom stereocenters. The minimum atomic E-state index is 0.192. The number of hydrogen-bond acceptors (Lipinski definition) is 3. The fourth-order valence-electron chi connectivity index (χ4n) is 2.51. The van der Waals surface area contributed by atoms with Crippen LogP contribution >= 0.6 is 31.9 Å². The van der Waals surface area contributed by atoms with E-state index in [2.05, 4.69) is 62.9 Å². The lowest BCUT2D eigenvalue weighted by Crippen LogP contribution is -2.60. The van der Waals surface area contributed by atoms with Crippen LogP contribution in [-0.2, 0) is 11.3 Å². The Hall–Kier alpha value is 0.0300. The lowest BCUT2D eigenvalue weighted by atomic mass is 9.64. The third-order valence-corrected chi connectivity index (χ3v) is 5.07. The van der Waals surface area contributed by atoms with Crippen LogP contribution in [0.1, 0.15) is 32.9 Å². The van der Waals surface area contributed by atoms with E-state index in [-0.39, 0.29) is 5.41 Å². The van der Waals surface area contributed by atoms with Crippen LogP contribution < -0.4 is 5.32 Å². The van der Waals surface area contributed by atoms with Gasteiger partial charge >= 0.3 is 0 Å². The molecule has 0 amide bonds. The molecule has 1 N–H and O–H groups in total. The Bertz CT molecular complexity index is 451. The van der Waals surface area contributed by atoms with E-state index < -0.39 is 0 Å². The van der Waals surface area contributed by atoms with Gasteiger partial charge in [0, 0.05) is 39.8 Å². The van der Waals surface area contributed by atoms with Crippen LogP contribution in [0.15, 0.2) is 21.2 Å². The molecule has 1 saturated carbocycles. The van der Waals surface area contributed by atoms with Crippen molar-refractivity contribution in [3.8, 4) is 0 Å². The number of ether oxygens (including phenoxy) is 1. The Morgan fingerprint density at radius 1 is 1.47 bits per heavy atom. The van der Waals surface area contributed by atoms with Crippen LogP contribution in [-0.4, -0.2) is 23.7 Å². The quantitative estimate of drug-likeness (QED) is 0.826. The van der Waals surface area contributed by atoms with E-state index >= 15 is 0 Å². The highest BCUT2D eigenvalue weighted by Crippen LogP contribution is 2.42. The summed E-state index contributed by atoms with van der Waals surface area (Å²) < 4.78 is 7.77. The van der Waals surface area contributed by atoms with Crippen LogP contribution in [0.5, 0.6) is 0 Å². The van der Waals surface area contributed by atoms with E-state index in [4.69, 9.17) is 4.74 Å². The van der Waals surface area contributed by atoms with Crippen molar-refractivity contribution in [1.29, 1.82) is 0 Å². The molecule has 1 heterocycles. The summed E-state index contributed by atoms with van der Waals surface area (Å²) in [4.78, 5) is 4.42. The minimum Gasteiger partial charge on any atom is -0.378 e. The summed E-state index contributed by atoms with van der Waals surface area (Å²) in [6.45, 7) is 8.15. The minimum absolute atomic E-state index is 0.192. The number of nitrogens with zero attached hydrogens (tertiary/aromatic N) is 1. The van der Waals surface area contributed by atoms with Crippen molar-refractivity contribution in [1.82, 2.24) is 10.3 Å². The SMILES string of the molecule is CCOC1CC(NCc2ncc(Br)cc2Br)C1(C)C. The highest BCUT2D eigenvalue weighted by Gasteiger charge is 2.48. The Morgan fingerprint density at radius 3 is 2.79 bits per heavy atom. The molecule has 1 aromatic rings. The van der Waals surface area contributed by atoms with E-state index in [1.165, 1.54) is 0 Å². The first kappa shape index (κ1) is 15.4. The average Bonchev–Trinajstić information content (AvgIpc) is 2.35. The number of hydrogen-bond donors (Lipinski definition) is 1. The van der Waals surface area contributed by atoms with E-state index in [1.54, 1.807) is 0 Å². The average molecular weight is 392 g/mol. The van der Waals surface area contributed by atoms with Gasteiger partial charge in [0.05, 0.1) is 11.8 Å². The Balaban J connectivity index is 1.90. The van der Waals surface area contributed by atoms with Crippen molar-refractivity contribution in [2.24, 2.45) is 5.41 Å². The molecule has 106 valence electrons. The predicted molar refractivity (Wildman–Crippen MR) is 84.1 cm³/mol. The molecule has 0 aromatic carbocycles. The highest BCUT2D eigenvalue weighted by molar-refractivity contribution is 9.11. The number of aromatic nitrogens is 1. The second-order valence-corrected chi connectivity index (χ2v) is 7.29. The van der Waals surface area contributed by atoms with Gasteiger partial charge in [-0.1, -0.05) is 13.8 Å². The molecule has 0 bridgehead atoms. The first-order valence-corrected chi connectivity index (χ1v) is 8.18. The van der Waals surface area contributed by atoms with Gasteiger partial charge < -0.3 is 10.1 Å². The monoisotopic (exact) mass is 390 g/mol. The molecular formula is C14H20Br2N2O. The largest absolute Gasteiger partial charge is 0.378 e. The zero-order valence-electron chi connectivity index (χ0n) is 11.5. The van der Waals surface area contributed by atoms with Crippen LogP contribution in [0.4, 0.5) is 0 Å². The normalized spacial score (nSPS) is 25.1. The maximum absolute atomic E-state index is 5.74. The Labute approximate surface area is 131 Å².